The first-order chi connectivity index (χ1) is 11.3. The van der Waals surface area contributed by atoms with Crippen molar-refractivity contribution in [3.8, 4) is 0 Å². The average molecular weight is 384 g/mol. The molecule has 3 N–H and O–H groups in total. The fourth-order valence-corrected chi connectivity index (χ4v) is 3.85. The SMILES string of the molecule is CCNC(=S)Nc1ccc(C)cc1S(=O)(=O)Nc1ccccc1Cl. The molecule has 0 aliphatic carbocycles. The molecule has 0 bridgehead atoms. The number of sulfonamides is 1. The van der Waals surface area contributed by atoms with Gasteiger partial charge in [-0.15, -0.1) is 0 Å². The molecule has 0 fully saturated rings. The standard InChI is InChI=1S/C16H18ClN3O2S2/c1-3-18-16(23)19-14-9-8-11(2)10-15(14)24(21,22)20-13-7-5-4-6-12(13)17/h4-10,20H,3H2,1-2H3,(H2,18,19,23). The minimum absolute atomic E-state index is 0.0997. The molecule has 0 amide bonds. The molecule has 128 valence electrons. The second-order valence-corrected chi connectivity index (χ2v) is 7.54. The Labute approximate surface area is 152 Å². The highest BCUT2D eigenvalue weighted by atomic mass is 35.5. The number of benzene rings is 2. The van der Waals surface area contributed by atoms with E-state index in [2.05, 4.69) is 15.4 Å². The van der Waals surface area contributed by atoms with Gasteiger partial charge in [0.1, 0.15) is 4.90 Å². The Morgan fingerprint density at radius 1 is 1.17 bits per heavy atom. The topological polar surface area (TPSA) is 70.2 Å². The van der Waals surface area contributed by atoms with Crippen LogP contribution < -0.4 is 15.4 Å². The monoisotopic (exact) mass is 383 g/mol. The van der Waals surface area contributed by atoms with Crippen molar-refractivity contribution in [1.82, 2.24) is 5.32 Å². The predicted molar refractivity (Wildman–Crippen MR) is 103 cm³/mol. The van der Waals surface area contributed by atoms with E-state index in [0.29, 0.717) is 28.1 Å². The molecule has 0 atom stereocenters. The number of para-hydroxylation sites is 1. The summed E-state index contributed by atoms with van der Waals surface area (Å²) >= 11 is 11.2. The van der Waals surface area contributed by atoms with Gasteiger partial charge in [0.2, 0.25) is 0 Å². The molecule has 0 unspecified atom stereocenters. The van der Waals surface area contributed by atoms with Gasteiger partial charge in [0, 0.05) is 6.54 Å². The van der Waals surface area contributed by atoms with E-state index in [1.807, 2.05) is 19.9 Å². The largest absolute Gasteiger partial charge is 0.363 e. The Bertz CT molecular complexity index is 854. The normalized spacial score (nSPS) is 11.0. The lowest BCUT2D eigenvalue weighted by molar-refractivity contribution is 0.601. The summed E-state index contributed by atoms with van der Waals surface area (Å²) in [7, 11) is -3.83. The van der Waals surface area contributed by atoms with Crippen molar-refractivity contribution < 1.29 is 8.42 Å². The molecular formula is C16H18ClN3O2S2. The third kappa shape index (κ3) is 4.59. The molecule has 2 aromatic carbocycles. The molecule has 0 heterocycles. The van der Waals surface area contributed by atoms with Gasteiger partial charge in [-0.3, -0.25) is 4.72 Å². The zero-order valence-electron chi connectivity index (χ0n) is 13.3. The van der Waals surface area contributed by atoms with Crippen LogP contribution in [-0.4, -0.2) is 20.1 Å². The van der Waals surface area contributed by atoms with Gasteiger partial charge in [0.15, 0.2) is 5.11 Å². The molecule has 2 rings (SSSR count). The molecule has 0 saturated heterocycles. The highest BCUT2D eigenvalue weighted by molar-refractivity contribution is 7.93. The maximum absolute atomic E-state index is 12.8. The van der Waals surface area contributed by atoms with Crippen LogP contribution in [-0.2, 0) is 10.0 Å². The minimum Gasteiger partial charge on any atom is -0.363 e. The van der Waals surface area contributed by atoms with Gasteiger partial charge in [0.05, 0.1) is 16.4 Å². The highest BCUT2D eigenvalue weighted by Crippen LogP contribution is 2.28. The van der Waals surface area contributed by atoms with Crippen molar-refractivity contribution in [1.29, 1.82) is 0 Å². The summed E-state index contributed by atoms with van der Waals surface area (Å²) in [6.07, 6.45) is 0. The third-order valence-corrected chi connectivity index (χ3v) is 5.11. The summed E-state index contributed by atoms with van der Waals surface area (Å²) in [6.45, 7) is 4.36. The summed E-state index contributed by atoms with van der Waals surface area (Å²) in [5.74, 6) is 0. The molecule has 24 heavy (non-hydrogen) atoms. The van der Waals surface area contributed by atoms with E-state index in [0.717, 1.165) is 5.56 Å². The van der Waals surface area contributed by atoms with E-state index in [-0.39, 0.29) is 4.90 Å². The molecule has 0 spiro atoms. The quantitative estimate of drug-likeness (QED) is 0.686. The lowest BCUT2D eigenvalue weighted by Crippen LogP contribution is -2.29. The first kappa shape index (κ1) is 18.5. The van der Waals surface area contributed by atoms with Gasteiger partial charge >= 0.3 is 0 Å². The Kier molecular flexibility index (Phi) is 6.04. The molecule has 8 heteroatoms. The third-order valence-electron chi connectivity index (χ3n) is 3.13. The van der Waals surface area contributed by atoms with Crippen LogP contribution in [0.1, 0.15) is 12.5 Å². The Balaban J connectivity index is 2.40. The Morgan fingerprint density at radius 3 is 2.54 bits per heavy atom. The maximum Gasteiger partial charge on any atom is 0.264 e. The van der Waals surface area contributed by atoms with Crippen LogP contribution in [0.25, 0.3) is 0 Å². The first-order valence-corrected chi connectivity index (χ1v) is 9.53. The molecule has 2 aromatic rings. The predicted octanol–water partition coefficient (Wildman–Crippen LogP) is 3.76. The molecule has 0 aliphatic heterocycles. The van der Waals surface area contributed by atoms with Crippen LogP contribution >= 0.6 is 23.8 Å². The second kappa shape index (κ2) is 7.83. The zero-order chi connectivity index (χ0) is 17.7. The minimum atomic E-state index is -3.83. The molecular weight excluding hydrogens is 366 g/mol. The van der Waals surface area contributed by atoms with Crippen LogP contribution in [0, 0.1) is 6.92 Å². The molecule has 0 aromatic heterocycles. The van der Waals surface area contributed by atoms with Crippen molar-refractivity contribution >= 4 is 50.3 Å². The van der Waals surface area contributed by atoms with Crippen LogP contribution in [0.4, 0.5) is 11.4 Å². The van der Waals surface area contributed by atoms with E-state index >= 15 is 0 Å². The van der Waals surface area contributed by atoms with Crippen molar-refractivity contribution in [2.45, 2.75) is 18.7 Å². The number of aryl methyl sites for hydroxylation is 1. The van der Waals surface area contributed by atoms with Crippen LogP contribution in [0.3, 0.4) is 0 Å². The van der Waals surface area contributed by atoms with Gasteiger partial charge in [-0.25, -0.2) is 8.42 Å². The van der Waals surface area contributed by atoms with Gasteiger partial charge in [0.25, 0.3) is 10.0 Å². The first-order valence-electron chi connectivity index (χ1n) is 7.26. The number of anilines is 2. The van der Waals surface area contributed by atoms with Crippen LogP contribution in [0.2, 0.25) is 5.02 Å². The Hall–Kier alpha value is -1.83. The van der Waals surface area contributed by atoms with E-state index in [4.69, 9.17) is 23.8 Å². The van der Waals surface area contributed by atoms with Crippen molar-refractivity contribution in [3.63, 3.8) is 0 Å². The van der Waals surface area contributed by atoms with Crippen LogP contribution in [0.15, 0.2) is 47.4 Å². The number of thiocarbonyl (C=S) groups is 1. The summed E-state index contributed by atoms with van der Waals surface area (Å²) in [6, 6.07) is 11.7. The zero-order valence-corrected chi connectivity index (χ0v) is 15.6. The number of nitrogens with one attached hydrogen (secondary N) is 3. The van der Waals surface area contributed by atoms with Crippen molar-refractivity contribution in [2.24, 2.45) is 0 Å². The number of halogens is 1. The number of rotatable bonds is 5. The van der Waals surface area contributed by atoms with E-state index in [9.17, 15) is 8.42 Å². The van der Waals surface area contributed by atoms with Gasteiger partial charge in [-0.1, -0.05) is 29.8 Å². The van der Waals surface area contributed by atoms with Crippen molar-refractivity contribution in [2.75, 3.05) is 16.6 Å². The molecule has 0 saturated carbocycles. The fraction of sp³-hybridized carbons (Fsp3) is 0.188. The summed E-state index contributed by atoms with van der Waals surface area (Å²) in [4.78, 5) is 0.0997. The molecule has 0 aliphatic rings. The number of hydrogen-bond donors (Lipinski definition) is 3. The summed E-state index contributed by atoms with van der Waals surface area (Å²) in [5.41, 5.74) is 1.53. The van der Waals surface area contributed by atoms with Gasteiger partial charge in [-0.2, -0.15) is 0 Å². The molecule has 5 nitrogen and oxygen atoms in total. The smallest absolute Gasteiger partial charge is 0.264 e. The molecule has 0 radical (unpaired) electrons. The van der Waals surface area contributed by atoms with Gasteiger partial charge in [-0.05, 0) is 55.9 Å². The second-order valence-electron chi connectivity index (χ2n) is 5.07. The fourth-order valence-electron chi connectivity index (χ4n) is 2.03. The highest BCUT2D eigenvalue weighted by Gasteiger charge is 2.20. The summed E-state index contributed by atoms with van der Waals surface area (Å²) < 4.78 is 28.1. The maximum atomic E-state index is 12.8. The van der Waals surface area contributed by atoms with Gasteiger partial charge < -0.3 is 10.6 Å². The van der Waals surface area contributed by atoms with Crippen molar-refractivity contribution in [3.05, 3.63) is 53.1 Å². The van der Waals surface area contributed by atoms with E-state index in [1.54, 1.807) is 36.4 Å². The lowest BCUT2D eigenvalue weighted by atomic mass is 10.2. The Morgan fingerprint density at radius 2 is 1.88 bits per heavy atom. The number of hydrogen-bond acceptors (Lipinski definition) is 3. The van der Waals surface area contributed by atoms with E-state index in [1.165, 1.54) is 0 Å². The van der Waals surface area contributed by atoms with E-state index < -0.39 is 10.0 Å². The van der Waals surface area contributed by atoms with Crippen LogP contribution in [0.5, 0.6) is 0 Å². The lowest BCUT2D eigenvalue weighted by Gasteiger charge is -2.16. The summed E-state index contributed by atoms with van der Waals surface area (Å²) in [5, 5.41) is 6.53. The average Bonchev–Trinajstić information content (AvgIpc) is 2.51.